The number of H-pyrrole nitrogens is 1. The SMILES string of the molecule is Cc1[nH]c2ccccc2c1-c1csc(NC(=O)C(C)(C)C)n1. The summed E-state index contributed by atoms with van der Waals surface area (Å²) in [6.45, 7) is 7.71. The Kier molecular flexibility index (Phi) is 3.53. The first-order chi connectivity index (χ1) is 10.4. The van der Waals surface area contributed by atoms with Gasteiger partial charge in [-0.15, -0.1) is 11.3 Å². The van der Waals surface area contributed by atoms with Crippen molar-refractivity contribution in [1.29, 1.82) is 0 Å². The van der Waals surface area contributed by atoms with Gasteiger partial charge >= 0.3 is 0 Å². The van der Waals surface area contributed by atoms with Crippen LogP contribution in [0.2, 0.25) is 0 Å². The first-order valence-electron chi connectivity index (χ1n) is 7.21. The molecule has 22 heavy (non-hydrogen) atoms. The maximum absolute atomic E-state index is 12.1. The molecule has 0 spiro atoms. The third-order valence-corrected chi connectivity index (χ3v) is 4.31. The van der Waals surface area contributed by atoms with Crippen molar-refractivity contribution in [3.63, 3.8) is 0 Å². The van der Waals surface area contributed by atoms with Crippen LogP contribution in [0, 0.1) is 12.3 Å². The minimum atomic E-state index is -0.428. The Bertz CT molecular complexity index is 839. The van der Waals surface area contributed by atoms with Gasteiger partial charge in [-0.1, -0.05) is 39.0 Å². The van der Waals surface area contributed by atoms with Gasteiger partial charge in [0.25, 0.3) is 0 Å². The highest BCUT2D eigenvalue weighted by Gasteiger charge is 2.22. The molecule has 3 rings (SSSR count). The number of fused-ring (bicyclic) bond motifs is 1. The molecule has 114 valence electrons. The Morgan fingerprint density at radius 3 is 2.73 bits per heavy atom. The predicted octanol–water partition coefficient (Wildman–Crippen LogP) is 4.58. The number of aryl methyl sites for hydroxylation is 1. The molecule has 0 fully saturated rings. The van der Waals surface area contributed by atoms with E-state index >= 15 is 0 Å². The maximum atomic E-state index is 12.1. The van der Waals surface area contributed by atoms with E-state index in [1.165, 1.54) is 11.3 Å². The Balaban J connectivity index is 1.96. The highest BCUT2D eigenvalue weighted by atomic mass is 32.1. The molecule has 0 saturated heterocycles. The number of hydrogen-bond acceptors (Lipinski definition) is 3. The zero-order valence-corrected chi connectivity index (χ0v) is 14.0. The molecule has 0 aliphatic rings. The number of para-hydroxylation sites is 1. The van der Waals surface area contributed by atoms with E-state index in [2.05, 4.69) is 27.4 Å². The van der Waals surface area contributed by atoms with Gasteiger partial charge in [0, 0.05) is 33.0 Å². The van der Waals surface area contributed by atoms with Gasteiger partial charge in [-0.05, 0) is 13.0 Å². The van der Waals surface area contributed by atoms with Crippen LogP contribution < -0.4 is 5.32 Å². The Labute approximate surface area is 133 Å². The van der Waals surface area contributed by atoms with Crippen LogP contribution >= 0.6 is 11.3 Å². The number of carbonyl (C=O) groups is 1. The summed E-state index contributed by atoms with van der Waals surface area (Å²) in [6, 6.07) is 8.17. The normalized spacial score (nSPS) is 11.8. The van der Waals surface area contributed by atoms with Crippen molar-refractivity contribution < 1.29 is 4.79 Å². The lowest BCUT2D eigenvalue weighted by atomic mass is 9.96. The largest absolute Gasteiger partial charge is 0.358 e. The fourth-order valence-corrected chi connectivity index (χ4v) is 3.03. The fourth-order valence-electron chi connectivity index (χ4n) is 2.34. The summed E-state index contributed by atoms with van der Waals surface area (Å²) in [6.07, 6.45) is 0. The number of anilines is 1. The van der Waals surface area contributed by atoms with Gasteiger partial charge in [0.2, 0.25) is 5.91 Å². The van der Waals surface area contributed by atoms with Gasteiger partial charge in [0.1, 0.15) is 0 Å². The lowest BCUT2D eigenvalue weighted by molar-refractivity contribution is -0.123. The molecule has 0 radical (unpaired) electrons. The summed E-state index contributed by atoms with van der Waals surface area (Å²) >= 11 is 1.45. The van der Waals surface area contributed by atoms with Crippen molar-refractivity contribution in [2.24, 2.45) is 5.41 Å². The molecule has 2 aromatic heterocycles. The summed E-state index contributed by atoms with van der Waals surface area (Å²) < 4.78 is 0. The molecule has 0 aliphatic carbocycles. The zero-order valence-electron chi connectivity index (χ0n) is 13.2. The van der Waals surface area contributed by atoms with Crippen LogP contribution in [0.1, 0.15) is 26.5 Å². The summed E-state index contributed by atoms with van der Waals surface area (Å²) in [4.78, 5) is 20.0. The van der Waals surface area contributed by atoms with Crippen molar-refractivity contribution in [3.05, 3.63) is 35.3 Å². The number of nitrogens with zero attached hydrogens (tertiary/aromatic N) is 1. The smallest absolute Gasteiger partial charge is 0.231 e. The van der Waals surface area contributed by atoms with Crippen molar-refractivity contribution in [2.45, 2.75) is 27.7 Å². The van der Waals surface area contributed by atoms with Gasteiger partial charge in [0.15, 0.2) is 5.13 Å². The van der Waals surface area contributed by atoms with E-state index in [9.17, 15) is 4.79 Å². The minimum Gasteiger partial charge on any atom is -0.358 e. The first-order valence-corrected chi connectivity index (χ1v) is 8.09. The third kappa shape index (κ3) is 2.64. The highest BCUT2D eigenvalue weighted by Crippen LogP contribution is 2.34. The average molecular weight is 313 g/mol. The number of aromatic amines is 1. The predicted molar refractivity (Wildman–Crippen MR) is 92.2 cm³/mol. The summed E-state index contributed by atoms with van der Waals surface area (Å²) in [5, 5.41) is 6.67. The van der Waals surface area contributed by atoms with Crippen LogP contribution in [-0.4, -0.2) is 15.9 Å². The topological polar surface area (TPSA) is 57.8 Å². The number of hydrogen-bond donors (Lipinski definition) is 2. The van der Waals surface area contributed by atoms with Crippen LogP contribution in [0.3, 0.4) is 0 Å². The molecule has 0 bridgehead atoms. The average Bonchev–Trinajstić information content (AvgIpc) is 3.00. The molecular formula is C17H19N3OS. The van der Waals surface area contributed by atoms with Crippen LogP contribution in [-0.2, 0) is 4.79 Å². The van der Waals surface area contributed by atoms with E-state index in [0.29, 0.717) is 5.13 Å². The van der Waals surface area contributed by atoms with E-state index in [1.54, 1.807) is 0 Å². The second kappa shape index (κ2) is 5.25. The molecule has 2 N–H and O–H groups in total. The van der Waals surface area contributed by atoms with Gasteiger partial charge in [0.05, 0.1) is 5.69 Å². The van der Waals surface area contributed by atoms with Gasteiger partial charge in [-0.3, -0.25) is 4.79 Å². The third-order valence-electron chi connectivity index (χ3n) is 3.56. The summed E-state index contributed by atoms with van der Waals surface area (Å²) in [5.74, 6) is -0.0240. The molecule has 0 saturated carbocycles. The van der Waals surface area contributed by atoms with Crippen molar-refractivity contribution >= 4 is 33.3 Å². The monoisotopic (exact) mass is 313 g/mol. The van der Waals surface area contributed by atoms with Crippen LogP contribution in [0.25, 0.3) is 22.2 Å². The summed E-state index contributed by atoms with van der Waals surface area (Å²) in [5.41, 5.74) is 3.75. The van der Waals surface area contributed by atoms with E-state index < -0.39 is 5.41 Å². The molecule has 1 aromatic carbocycles. The Hall–Kier alpha value is -2.14. The Morgan fingerprint density at radius 1 is 1.27 bits per heavy atom. The zero-order chi connectivity index (χ0) is 15.9. The van der Waals surface area contributed by atoms with E-state index in [4.69, 9.17) is 0 Å². The van der Waals surface area contributed by atoms with Gasteiger partial charge in [-0.2, -0.15) is 0 Å². The molecule has 0 unspecified atom stereocenters. The molecule has 4 nitrogen and oxygen atoms in total. The van der Waals surface area contributed by atoms with Crippen molar-refractivity contribution in [2.75, 3.05) is 5.32 Å². The number of nitrogens with one attached hydrogen (secondary N) is 2. The number of thiazole rings is 1. The Morgan fingerprint density at radius 2 is 2.00 bits per heavy atom. The number of rotatable bonds is 2. The lowest BCUT2D eigenvalue weighted by Gasteiger charge is -2.15. The standard InChI is InChI=1S/C17H19N3OS/c1-10-14(11-7-5-6-8-12(11)18-10)13-9-22-16(19-13)20-15(21)17(2,3)4/h5-9,18H,1-4H3,(H,19,20,21). The number of carbonyl (C=O) groups excluding carboxylic acids is 1. The summed E-state index contributed by atoms with van der Waals surface area (Å²) in [7, 11) is 0. The first kappa shape index (κ1) is 14.8. The second-order valence-electron chi connectivity index (χ2n) is 6.41. The molecule has 1 amide bonds. The number of aromatic nitrogens is 2. The molecule has 0 atom stereocenters. The molecule has 5 heteroatoms. The van der Waals surface area contributed by atoms with E-state index in [-0.39, 0.29) is 5.91 Å². The van der Waals surface area contributed by atoms with Crippen molar-refractivity contribution in [1.82, 2.24) is 9.97 Å². The number of benzene rings is 1. The van der Waals surface area contributed by atoms with Crippen LogP contribution in [0.15, 0.2) is 29.6 Å². The van der Waals surface area contributed by atoms with Crippen LogP contribution in [0.5, 0.6) is 0 Å². The minimum absolute atomic E-state index is 0.0240. The quantitative estimate of drug-likeness (QED) is 0.727. The van der Waals surface area contributed by atoms with E-state index in [0.717, 1.165) is 27.9 Å². The fraction of sp³-hybridized carbons (Fsp3) is 0.294. The molecule has 2 heterocycles. The number of amides is 1. The molecule has 3 aromatic rings. The highest BCUT2D eigenvalue weighted by molar-refractivity contribution is 7.14. The molecule has 0 aliphatic heterocycles. The van der Waals surface area contributed by atoms with Crippen LogP contribution in [0.4, 0.5) is 5.13 Å². The van der Waals surface area contributed by atoms with Gasteiger partial charge < -0.3 is 10.3 Å². The van der Waals surface area contributed by atoms with Crippen molar-refractivity contribution in [3.8, 4) is 11.3 Å². The molecular weight excluding hydrogens is 294 g/mol. The lowest BCUT2D eigenvalue weighted by Crippen LogP contribution is -2.27. The second-order valence-corrected chi connectivity index (χ2v) is 7.27. The maximum Gasteiger partial charge on any atom is 0.231 e. The van der Waals surface area contributed by atoms with Gasteiger partial charge in [-0.25, -0.2) is 4.98 Å². The van der Waals surface area contributed by atoms with E-state index in [1.807, 2.05) is 45.2 Å².